The van der Waals surface area contributed by atoms with Crippen LogP contribution in [0.4, 0.5) is 0 Å². The lowest BCUT2D eigenvalue weighted by molar-refractivity contribution is 0.0438. The molecule has 2 heteroatoms. The van der Waals surface area contributed by atoms with Crippen molar-refractivity contribution in [2.45, 2.75) is 52.7 Å². The zero-order valence-electron chi connectivity index (χ0n) is 9.12. The van der Waals surface area contributed by atoms with Crippen LogP contribution in [0.3, 0.4) is 0 Å². The lowest BCUT2D eigenvalue weighted by atomic mass is 9.67. The van der Waals surface area contributed by atoms with Crippen LogP contribution in [0.1, 0.15) is 40.5 Å². The van der Waals surface area contributed by atoms with E-state index in [-0.39, 0.29) is 5.41 Å². The molecule has 1 aliphatic rings. The molecule has 0 heterocycles. The van der Waals surface area contributed by atoms with E-state index in [9.17, 15) is 10.2 Å². The van der Waals surface area contributed by atoms with Crippen molar-refractivity contribution in [1.82, 2.24) is 0 Å². The highest BCUT2D eigenvalue weighted by Crippen LogP contribution is 2.49. The predicted octanol–water partition coefficient (Wildman–Crippen LogP) is 1.80. The third-order valence-electron chi connectivity index (χ3n) is 3.92. The molecule has 1 aliphatic carbocycles. The van der Waals surface area contributed by atoms with Gasteiger partial charge in [-0.1, -0.05) is 27.7 Å². The molecule has 0 aromatic rings. The average molecular weight is 186 g/mol. The number of rotatable bonds is 2. The normalized spacial score (nSPS) is 33.2. The zero-order chi connectivity index (χ0) is 10.2. The van der Waals surface area contributed by atoms with Gasteiger partial charge in [0.25, 0.3) is 0 Å². The topological polar surface area (TPSA) is 40.5 Å². The molecule has 0 radical (unpaired) electrons. The highest BCUT2D eigenvalue weighted by molar-refractivity contribution is 4.97. The molecule has 0 saturated heterocycles. The molecule has 1 fully saturated rings. The van der Waals surface area contributed by atoms with Crippen molar-refractivity contribution in [2.24, 2.45) is 17.3 Å². The van der Waals surface area contributed by atoms with Crippen LogP contribution in [0.2, 0.25) is 0 Å². The lowest BCUT2D eigenvalue weighted by Gasteiger charge is -2.37. The van der Waals surface area contributed by atoms with Crippen LogP contribution in [0, 0.1) is 17.3 Å². The summed E-state index contributed by atoms with van der Waals surface area (Å²) in [6, 6.07) is 0. The Morgan fingerprint density at radius 2 is 1.23 bits per heavy atom. The van der Waals surface area contributed by atoms with E-state index in [0.717, 1.165) is 12.8 Å². The van der Waals surface area contributed by atoms with Crippen molar-refractivity contribution >= 4 is 0 Å². The van der Waals surface area contributed by atoms with E-state index >= 15 is 0 Å². The van der Waals surface area contributed by atoms with E-state index in [4.69, 9.17) is 0 Å². The number of aliphatic hydroxyl groups is 2. The largest absolute Gasteiger partial charge is 0.390 e. The van der Waals surface area contributed by atoms with E-state index in [1.165, 1.54) is 0 Å². The van der Waals surface area contributed by atoms with Crippen molar-refractivity contribution in [1.29, 1.82) is 0 Å². The van der Waals surface area contributed by atoms with Gasteiger partial charge in [-0.25, -0.2) is 0 Å². The highest BCUT2D eigenvalue weighted by Gasteiger charge is 2.47. The number of hydrogen-bond acceptors (Lipinski definition) is 2. The molecule has 0 aromatic heterocycles. The summed E-state index contributed by atoms with van der Waals surface area (Å²) in [4.78, 5) is 0. The van der Waals surface area contributed by atoms with Gasteiger partial charge in [0, 0.05) is 0 Å². The second-order valence-corrected chi connectivity index (χ2v) is 5.09. The Bertz CT molecular complexity index is 155. The van der Waals surface area contributed by atoms with E-state index < -0.39 is 12.2 Å². The smallest absolute Gasteiger partial charge is 0.0804 e. The predicted molar refractivity (Wildman–Crippen MR) is 53.4 cm³/mol. The summed E-state index contributed by atoms with van der Waals surface area (Å²) in [6.07, 6.45) is 0.488. The molecule has 0 aromatic carbocycles. The first-order valence-electron chi connectivity index (χ1n) is 5.26. The maximum Gasteiger partial charge on any atom is 0.0804 e. The van der Waals surface area contributed by atoms with Gasteiger partial charge in [0.15, 0.2) is 0 Å². The van der Waals surface area contributed by atoms with Gasteiger partial charge in [-0.15, -0.1) is 0 Å². The van der Waals surface area contributed by atoms with Gasteiger partial charge in [0.05, 0.1) is 12.2 Å². The van der Waals surface area contributed by atoms with Gasteiger partial charge in [-0.2, -0.15) is 0 Å². The first-order valence-corrected chi connectivity index (χ1v) is 5.26. The van der Waals surface area contributed by atoms with Crippen LogP contribution < -0.4 is 0 Å². The van der Waals surface area contributed by atoms with E-state index in [1.54, 1.807) is 0 Å². The molecule has 1 rings (SSSR count). The Hall–Kier alpha value is -0.0800. The van der Waals surface area contributed by atoms with Crippen LogP contribution in [0.15, 0.2) is 0 Å². The quantitative estimate of drug-likeness (QED) is 0.690. The third-order valence-corrected chi connectivity index (χ3v) is 3.92. The minimum Gasteiger partial charge on any atom is -0.390 e. The molecule has 0 spiro atoms. The summed E-state index contributed by atoms with van der Waals surface area (Å²) >= 11 is 0. The molecule has 2 N–H and O–H groups in total. The van der Waals surface area contributed by atoms with Gasteiger partial charge in [0.1, 0.15) is 0 Å². The van der Waals surface area contributed by atoms with Crippen molar-refractivity contribution in [2.75, 3.05) is 0 Å². The molecule has 78 valence electrons. The molecule has 2 nitrogen and oxygen atoms in total. The summed E-state index contributed by atoms with van der Waals surface area (Å²) in [6.45, 7) is 8.74. The van der Waals surface area contributed by atoms with E-state index in [0.29, 0.717) is 11.8 Å². The molecule has 0 aliphatic heterocycles. The highest BCUT2D eigenvalue weighted by atomic mass is 16.3. The molecular weight excluding hydrogens is 164 g/mol. The maximum absolute atomic E-state index is 9.58. The van der Waals surface area contributed by atoms with Gasteiger partial charge in [0.2, 0.25) is 0 Å². The van der Waals surface area contributed by atoms with E-state index in [2.05, 4.69) is 27.7 Å². The van der Waals surface area contributed by atoms with Crippen LogP contribution in [-0.2, 0) is 0 Å². The first-order chi connectivity index (χ1) is 5.90. The van der Waals surface area contributed by atoms with Gasteiger partial charge in [-0.05, 0) is 30.1 Å². The first kappa shape index (κ1) is 11.0. The minimum atomic E-state index is -0.509. The minimum absolute atomic E-state index is 0.138. The van der Waals surface area contributed by atoms with Crippen molar-refractivity contribution < 1.29 is 10.2 Å². The fourth-order valence-electron chi connectivity index (χ4n) is 2.74. The Balaban J connectivity index is 2.83. The second kappa shape index (κ2) is 3.58. The molecule has 1 saturated carbocycles. The summed E-state index contributed by atoms with van der Waals surface area (Å²) in [5.74, 6) is 1.05. The van der Waals surface area contributed by atoms with Crippen molar-refractivity contribution in [3.05, 3.63) is 0 Å². The Kier molecular flexibility index (Phi) is 3.03. The monoisotopic (exact) mass is 186 g/mol. The van der Waals surface area contributed by atoms with Crippen LogP contribution in [-0.4, -0.2) is 22.4 Å². The average Bonchev–Trinajstić information content (AvgIpc) is 2.29. The summed E-state index contributed by atoms with van der Waals surface area (Å²) in [7, 11) is 0. The molecular formula is C11H22O2. The van der Waals surface area contributed by atoms with Crippen molar-refractivity contribution in [3.63, 3.8) is 0 Å². The van der Waals surface area contributed by atoms with E-state index in [1.807, 2.05) is 0 Å². The number of aliphatic hydroxyl groups excluding tert-OH is 2. The third kappa shape index (κ3) is 1.75. The van der Waals surface area contributed by atoms with Crippen LogP contribution >= 0.6 is 0 Å². The summed E-state index contributed by atoms with van der Waals surface area (Å²) in [5, 5.41) is 19.2. The Morgan fingerprint density at radius 3 is 1.38 bits per heavy atom. The standard InChI is InChI=1S/C11H22O2/c1-7(2)11(8(3)4)5-9(12)10(13)6-11/h7-10,12-13H,5-6H2,1-4H3. The molecule has 0 bridgehead atoms. The molecule has 13 heavy (non-hydrogen) atoms. The second-order valence-electron chi connectivity index (χ2n) is 5.09. The maximum atomic E-state index is 9.58. The van der Waals surface area contributed by atoms with Crippen molar-refractivity contribution in [3.8, 4) is 0 Å². The van der Waals surface area contributed by atoms with Gasteiger partial charge >= 0.3 is 0 Å². The Labute approximate surface area is 81.0 Å². The Morgan fingerprint density at radius 1 is 0.923 bits per heavy atom. The summed E-state index contributed by atoms with van der Waals surface area (Å²) < 4.78 is 0. The lowest BCUT2D eigenvalue weighted by Crippen LogP contribution is -2.31. The molecule has 2 atom stereocenters. The van der Waals surface area contributed by atoms with Gasteiger partial charge in [-0.3, -0.25) is 0 Å². The summed E-state index contributed by atoms with van der Waals surface area (Å²) in [5.41, 5.74) is 0.138. The SMILES string of the molecule is CC(C)C1(C(C)C)CC(O)C(O)C1. The molecule has 0 amide bonds. The van der Waals surface area contributed by atoms with Gasteiger partial charge < -0.3 is 10.2 Å². The fourth-order valence-corrected chi connectivity index (χ4v) is 2.74. The molecule has 2 unspecified atom stereocenters. The fraction of sp³-hybridized carbons (Fsp3) is 1.00. The zero-order valence-corrected chi connectivity index (χ0v) is 9.12. The van der Waals surface area contributed by atoms with Crippen LogP contribution in [0.25, 0.3) is 0 Å². The number of hydrogen-bond donors (Lipinski definition) is 2. The van der Waals surface area contributed by atoms with Crippen LogP contribution in [0.5, 0.6) is 0 Å².